The number of piperidine rings is 1. The van der Waals surface area contributed by atoms with Crippen LogP contribution < -0.4 is 5.73 Å². The molecule has 0 spiro atoms. The quantitative estimate of drug-likeness (QED) is 0.452. The molecule has 1 aliphatic rings. The fraction of sp³-hybridized carbons (Fsp3) is 0.818. The standard InChI is InChI=1S/C11H22N4O.HI/c1-9-4-6-15(7-5-9)11(12)13-8-10(16)14(2)3;/h9H,4-8H2,1-3H3,(H2,12,13);1H. The monoisotopic (exact) mass is 354 g/mol. The van der Waals surface area contributed by atoms with Crippen molar-refractivity contribution >= 4 is 35.8 Å². The lowest BCUT2D eigenvalue weighted by molar-refractivity contribution is -0.127. The summed E-state index contributed by atoms with van der Waals surface area (Å²) in [5.41, 5.74) is 5.85. The Morgan fingerprint density at radius 3 is 2.41 bits per heavy atom. The third-order valence-corrected chi connectivity index (χ3v) is 2.98. The van der Waals surface area contributed by atoms with E-state index in [0.29, 0.717) is 5.96 Å². The van der Waals surface area contributed by atoms with Crippen molar-refractivity contribution in [2.75, 3.05) is 33.7 Å². The maximum absolute atomic E-state index is 11.3. The molecule has 1 amide bonds. The summed E-state index contributed by atoms with van der Waals surface area (Å²) in [6.45, 7) is 4.30. The molecule has 1 saturated heterocycles. The van der Waals surface area contributed by atoms with Gasteiger partial charge in [0.2, 0.25) is 5.91 Å². The Labute approximate surface area is 120 Å². The summed E-state index contributed by atoms with van der Waals surface area (Å²) in [6, 6.07) is 0. The van der Waals surface area contributed by atoms with Crippen LogP contribution in [0.25, 0.3) is 0 Å². The Morgan fingerprint density at radius 2 is 1.94 bits per heavy atom. The zero-order valence-corrected chi connectivity index (χ0v) is 13.2. The molecule has 0 aliphatic carbocycles. The van der Waals surface area contributed by atoms with Crippen LogP contribution in [-0.4, -0.2) is 55.4 Å². The molecule has 0 bridgehead atoms. The number of carbonyl (C=O) groups excluding carboxylic acids is 1. The van der Waals surface area contributed by atoms with Crippen molar-refractivity contribution in [2.24, 2.45) is 16.6 Å². The Hall–Kier alpha value is -0.530. The summed E-state index contributed by atoms with van der Waals surface area (Å²) in [5.74, 6) is 1.25. The van der Waals surface area contributed by atoms with Crippen LogP contribution in [0.5, 0.6) is 0 Å². The number of nitrogens with zero attached hydrogens (tertiary/aromatic N) is 3. The summed E-state index contributed by atoms with van der Waals surface area (Å²) in [5, 5.41) is 0. The van der Waals surface area contributed by atoms with Gasteiger partial charge < -0.3 is 15.5 Å². The predicted molar refractivity (Wildman–Crippen MR) is 80.6 cm³/mol. The number of carbonyl (C=O) groups is 1. The van der Waals surface area contributed by atoms with Crippen LogP contribution in [0.2, 0.25) is 0 Å². The molecule has 0 saturated carbocycles. The van der Waals surface area contributed by atoms with Crippen molar-refractivity contribution in [1.29, 1.82) is 0 Å². The summed E-state index contributed by atoms with van der Waals surface area (Å²) in [6.07, 6.45) is 2.30. The number of likely N-dealkylation sites (N-methyl/N-ethyl adjacent to an activating group) is 1. The van der Waals surface area contributed by atoms with E-state index in [-0.39, 0.29) is 36.4 Å². The van der Waals surface area contributed by atoms with Crippen LogP contribution in [0.15, 0.2) is 4.99 Å². The van der Waals surface area contributed by atoms with Crippen molar-refractivity contribution in [3.63, 3.8) is 0 Å². The molecule has 1 aliphatic heterocycles. The van der Waals surface area contributed by atoms with Crippen LogP contribution in [0.4, 0.5) is 0 Å². The largest absolute Gasteiger partial charge is 0.370 e. The van der Waals surface area contributed by atoms with E-state index in [1.54, 1.807) is 14.1 Å². The molecule has 0 aromatic rings. The Kier molecular flexibility index (Phi) is 7.49. The molecule has 0 radical (unpaired) electrons. The van der Waals surface area contributed by atoms with Gasteiger partial charge in [-0.25, -0.2) is 4.99 Å². The smallest absolute Gasteiger partial charge is 0.243 e. The van der Waals surface area contributed by atoms with E-state index in [4.69, 9.17) is 5.73 Å². The minimum atomic E-state index is -0.0201. The first kappa shape index (κ1) is 16.5. The molecule has 100 valence electrons. The maximum Gasteiger partial charge on any atom is 0.243 e. The topological polar surface area (TPSA) is 61.9 Å². The molecular formula is C11H23IN4O. The lowest BCUT2D eigenvalue weighted by Crippen LogP contribution is -2.43. The van der Waals surface area contributed by atoms with Gasteiger partial charge in [0.25, 0.3) is 0 Å². The lowest BCUT2D eigenvalue weighted by Gasteiger charge is -2.31. The normalized spacial score (nSPS) is 17.6. The van der Waals surface area contributed by atoms with E-state index in [9.17, 15) is 4.79 Å². The van der Waals surface area contributed by atoms with Gasteiger partial charge in [0.1, 0.15) is 6.54 Å². The van der Waals surface area contributed by atoms with Gasteiger partial charge in [0.05, 0.1) is 0 Å². The molecule has 2 N–H and O–H groups in total. The van der Waals surface area contributed by atoms with Crippen LogP contribution in [-0.2, 0) is 4.79 Å². The van der Waals surface area contributed by atoms with Gasteiger partial charge in [-0.1, -0.05) is 6.92 Å². The summed E-state index contributed by atoms with van der Waals surface area (Å²) in [7, 11) is 3.44. The van der Waals surface area contributed by atoms with Gasteiger partial charge >= 0.3 is 0 Å². The number of aliphatic imine (C=N–C) groups is 1. The van der Waals surface area contributed by atoms with Crippen molar-refractivity contribution in [3.8, 4) is 0 Å². The fourth-order valence-electron chi connectivity index (χ4n) is 1.63. The van der Waals surface area contributed by atoms with E-state index in [2.05, 4.69) is 16.8 Å². The Balaban J connectivity index is 0.00000256. The average molecular weight is 354 g/mol. The molecule has 0 unspecified atom stereocenters. The van der Waals surface area contributed by atoms with Crippen LogP contribution in [0, 0.1) is 5.92 Å². The van der Waals surface area contributed by atoms with E-state index < -0.39 is 0 Å². The highest BCUT2D eigenvalue weighted by Crippen LogP contribution is 2.15. The number of nitrogens with two attached hydrogens (primary N) is 1. The molecule has 1 heterocycles. The molecule has 1 fully saturated rings. The van der Waals surface area contributed by atoms with Crippen LogP contribution >= 0.6 is 24.0 Å². The zero-order chi connectivity index (χ0) is 12.1. The van der Waals surface area contributed by atoms with Gasteiger partial charge in [0.15, 0.2) is 5.96 Å². The molecule has 6 heteroatoms. The minimum absolute atomic E-state index is 0. The highest BCUT2D eigenvalue weighted by Gasteiger charge is 2.17. The summed E-state index contributed by atoms with van der Waals surface area (Å²) < 4.78 is 0. The second-order valence-electron chi connectivity index (χ2n) is 4.63. The van der Waals surface area contributed by atoms with Crippen molar-refractivity contribution in [3.05, 3.63) is 0 Å². The number of rotatable bonds is 2. The van der Waals surface area contributed by atoms with Crippen molar-refractivity contribution < 1.29 is 4.79 Å². The second-order valence-corrected chi connectivity index (χ2v) is 4.63. The Bertz CT molecular complexity index is 273. The number of hydrogen-bond donors (Lipinski definition) is 1. The molecule has 0 aromatic carbocycles. The third-order valence-electron chi connectivity index (χ3n) is 2.98. The van der Waals surface area contributed by atoms with Crippen LogP contribution in [0.3, 0.4) is 0 Å². The molecule has 5 nitrogen and oxygen atoms in total. The molecule has 0 atom stereocenters. The number of likely N-dealkylation sites (tertiary alicyclic amines) is 1. The van der Waals surface area contributed by atoms with Gasteiger partial charge in [-0.15, -0.1) is 24.0 Å². The Morgan fingerprint density at radius 1 is 1.41 bits per heavy atom. The van der Waals surface area contributed by atoms with Crippen molar-refractivity contribution in [2.45, 2.75) is 19.8 Å². The zero-order valence-electron chi connectivity index (χ0n) is 10.8. The van der Waals surface area contributed by atoms with E-state index in [1.165, 1.54) is 4.90 Å². The molecular weight excluding hydrogens is 331 g/mol. The van der Waals surface area contributed by atoms with Gasteiger partial charge in [-0.05, 0) is 18.8 Å². The van der Waals surface area contributed by atoms with E-state index >= 15 is 0 Å². The average Bonchev–Trinajstić information content (AvgIpc) is 2.26. The predicted octanol–water partition coefficient (Wildman–Crippen LogP) is 0.739. The number of halogens is 1. The van der Waals surface area contributed by atoms with Gasteiger partial charge in [-0.2, -0.15) is 0 Å². The van der Waals surface area contributed by atoms with E-state index in [1.807, 2.05) is 0 Å². The number of guanidine groups is 1. The molecule has 0 aromatic heterocycles. The van der Waals surface area contributed by atoms with E-state index in [0.717, 1.165) is 31.8 Å². The minimum Gasteiger partial charge on any atom is -0.370 e. The first-order valence-corrected chi connectivity index (χ1v) is 5.75. The highest BCUT2D eigenvalue weighted by atomic mass is 127. The fourth-order valence-corrected chi connectivity index (χ4v) is 1.63. The number of hydrogen-bond acceptors (Lipinski definition) is 2. The maximum atomic E-state index is 11.3. The van der Waals surface area contributed by atoms with Crippen molar-refractivity contribution in [1.82, 2.24) is 9.80 Å². The number of amides is 1. The highest BCUT2D eigenvalue weighted by molar-refractivity contribution is 14.0. The molecule has 1 rings (SSSR count). The van der Waals surface area contributed by atoms with Crippen LogP contribution in [0.1, 0.15) is 19.8 Å². The summed E-state index contributed by atoms with van der Waals surface area (Å²) >= 11 is 0. The first-order chi connectivity index (χ1) is 7.50. The lowest BCUT2D eigenvalue weighted by atomic mass is 10.00. The SMILES string of the molecule is CC1CCN(C(N)=NCC(=O)N(C)C)CC1.I. The molecule has 17 heavy (non-hydrogen) atoms. The van der Waals surface area contributed by atoms with Gasteiger partial charge in [0, 0.05) is 27.2 Å². The first-order valence-electron chi connectivity index (χ1n) is 5.75. The summed E-state index contributed by atoms with van der Waals surface area (Å²) in [4.78, 5) is 19.0. The third kappa shape index (κ3) is 5.56. The second kappa shape index (κ2) is 7.73. The van der Waals surface area contributed by atoms with Gasteiger partial charge in [-0.3, -0.25) is 4.79 Å².